The molecule has 1 aromatic heterocycles. The number of benzene rings is 1. The number of aryl methyl sites for hydroxylation is 1. The minimum Gasteiger partial charge on any atom is -0.493 e. The Bertz CT molecular complexity index is 608. The molecule has 0 unspecified atom stereocenters. The maximum absolute atomic E-state index is 5.86. The van der Waals surface area contributed by atoms with Crippen LogP contribution in [0.5, 0.6) is 5.75 Å². The summed E-state index contributed by atoms with van der Waals surface area (Å²) in [5.74, 6) is 2.82. The molecule has 0 radical (unpaired) electrons. The van der Waals surface area contributed by atoms with Crippen molar-refractivity contribution in [3.05, 3.63) is 48.0 Å². The van der Waals surface area contributed by atoms with Crippen LogP contribution < -0.4 is 4.74 Å². The fraction of sp³-hybridized carbons (Fsp3) is 0.500. The molecule has 22 heavy (non-hydrogen) atoms. The highest BCUT2D eigenvalue weighted by Gasteiger charge is 2.18. The second-order valence-electron chi connectivity index (χ2n) is 6.25. The molecule has 0 fully saturated rings. The van der Waals surface area contributed by atoms with E-state index in [4.69, 9.17) is 4.74 Å². The van der Waals surface area contributed by atoms with Crippen LogP contribution in [-0.4, -0.2) is 41.2 Å². The highest BCUT2D eigenvalue weighted by molar-refractivity contribution is 5.34. The van der Waals surface area contributed by atoms with E-state index in [0.717, 1.165) is 50.7 Å². The minimum atomic E-state index is 0.664. The third-order valence-corrected chi connectivity index (χ3v) is 4.48. The molecule has 1 aliphatic heterocycles. The van der Waals surface area contributed by atoms with Crippen molar-refractivity contribution in [2.75, 3.05) is 26.7 Å². The Kier molecular flexibility index (Phi) is 4.78. The molecule has 1 aliphatic rings. The molecule has 2 heterocycles. The predicted molar refractivity (Wildman–Crippen MR) is 88.2 cm³/mol. The van der Waals surface area contributed by atoms with E-state index in [0.29, 0.717) is 5.92 Å². The standard InChI is InChI=1S/C18H25N3O/c1-15-19-8-9-21(15)11-10-20(2)14-16-7-12-22-18-6-4-3-5-17(18)13-16/h3-6,8-9,16H,7,10-14H2,1-2H3/t16-/m1/s1. The van der Waals surface area contributed by atoms with Crippen molar-refractivity contribution in [1.82, 2.24) is 14.5 Å². The summed E-state index contributed by atoms with van der Waals surface area (Å²) in [7, 11) is 2.21. The van der Waals surface area contributed by atoms with Crippen molar-refractivity contribution < 1.29 is 4.74 Å². The van der Waals surface area contributed by atoms with Gasteiger partial charge in [-0.3, -0.25) is 0 Å². The third kappa shape index (κ3) is 3.69. The first kappa shape index (κ1) is 15.1. The van der Waals surface area contributed by atoms with E-state index in [9.17, 15) is 0 Å². The zero-order chi connectivity index (χ0) is 15.4. The molecule has 0 bridgehead atoms. The molecule has 1 aromatic carbocycles. The van der Waals surface area contributed by atoms with Gasteiger partial charge in [-0.15, -0.1) is 0 Å². The van der Waals surface area contributed by atoms with Crippen molar-refractivity contribution in [2.45, 2.75) is 26.3 Å². The van der Waals surface area contributed by atoms with Gasteiger partial charge in [0, 0.05) is 32.0 Å². The smallest absolute Gasteiger partial charge is 0.122 e. The van der Waals surface area contributed by atoms with E-state index < -0.39 is 0 Å². The molecule has 0 N–H and O–H groups in total. The van der Waals surface area contributed by atoms with Crippen molar-refractivity contribution in [1.29, 1.82) is 0 Å². The van der Waals surface area contributed by atoms with Gasteiger partial charge in [0.15, 0.2) is 0 Å². The molecule has 2 aromatic rings. The van der Waals surface area contributed by atoms with Crippen LogP contribution in [0.15, 0.2) is 36.7 Å². The van der Waals surface area contributed by atoms with Gasteiger partial charge in [0.25, 0.3) is 0 Å². The first-order chi connectivity index (χ1) is 10.7. The zero-order valence-corrected chi connectivity index (χ0v) is 13.5. The highest BCUT2D eigenvalue weighted by atomic mass is 16.5. The summed E-state index contributed by atoms with van der Waals surface area (Å²) in [4.78, 5) is 6.70. The fourth-order valence-corrected chi connectivity index (χ4v) is 3.17. The molecule has 0 saturated heterocycles. The monoisotopic (exact) mass is 299 g/mol. The van der Waals surface area contributed by atoms with Gasteiger partial charge in [0.2, 0.25) is 0 Å². The number of fused-ring (bicyclic) bond motifs is 1. The maximum Gasteiger partial charge on any atom is 0.122 e. The molecule has 0 saturated carbocycles. The van der Waals surface area contributed by atoms with Crippen LogP contribution in [0.1, 0.15) is 17.8 Å². The molecule has 0 spiro atoms. The third-order valence-electron chi connectivity index (χ3n) is 4.48. The number of ether oxygens (including phenoxy) is 1. The van der Waals surface area contributed by atoms with Gasteiger partial charge in [0.1, 0.15) is 11.6 Å². The SMILES string of the molecule is Cc1nccn1CCN(C)C[C@@H]1CCOc2ccccc2C1. The van der Waals surface area contributed by atoms with E-state index in [1.165, 1.54) is 5.56 Å². The number of para-hydroxylation sites is 1. The average molecular weight is 299 g/mol. The lowest BCUT2D eigenvalue weighted by Crippen LogP contribution is -2.30. The molecule has 4 heteroatoms. The van der Waals surface area contributed by atoms with Gasteiger partial charge >= 0.3 is 0 Å². The van der Waals surface area contributed by atoms with Crippen LogP contribution in [0, 0.1) is 12.8 Å². The van der Waals surface area contributed by atoms with Crippen LogP contribution in [0.4, 0.5) is 0 Å². The summed E-state index contributed by atoms with van der Waals surface area (Å²) in [6.45, 7) is 6.06. The summed E-state index contributed by atoms with van der Waals surface area (Å²) in [5.41, 5.74) is 1.35. The Labute approximate surface area is 132 Å². The average Bonchev–Trinajstić information content (AvgIpc) is 2.80. The van der Waals surface area contributed by atoms with E-state index in [-0.39, 0.29) is 0 Å². The van der Waals surface area contributed by atoms with Gasteiger partial charge < -0.3 is 14.2 Å². The number of hydrogen-bond acceptors (Lipinski definition) is 3. The predicted octanol–water partition coefficient (Wildman–Crippen LogP) is 2.76. The molecular weight excluding hydrogens is 274 g/mol. The lowest BCUT2D eigenvalue weighted by Gasteiger charge is -2.23. The molecule has 1 atom stereocenters. The van der Waals surface area contributed by atoms with Crippen LogP contribution in [0.25, 0.3) is 0 Å². The van der Waals surface area contributed by atoms with Gasteiger partial charge in [-0.1, -0.05) is 18.2 Å². The van der Waals surface area contributed by atoms with Gasteiger partial charge in [-0.2, -0.15) is 0 Å². The topological polar surface area (TPSA) is 30.3 Å². The fourth-order valence-electron chi connectivity index (χ4n) is 3.17. The van der Waals surface area contributed by atoms with Crippen molar-refractivity contribution in [3.8, 4) is 5.75 Å². The van der Waals surface area contributed by atoms with E-state index in [1.807, 2.05) is 6.20 Å². The molecule has 0 aliphatic carbocycles. The van der Waals surface area contributed by atoms with Crippen LogP contribution in [0.2, 0.25) is 0 Å². The Morgan fingerprint density at radius 2 is 2.23 bits per heavy atom. The maximum atomic E-state index is 5.86. The minimum absolute atomic E-state index is 0.664. The van der Waals surface area contributed by atoms with Gasteiger partial charge in [-0.05, 0) is 44.4 Å². The van der Waals surface area contributed by atoms with E-state index in [2.05, 4.69) is 58.9 Å². The quantitative estimate of drug-likeness (QED) is 0.850. The lowest BCUT2D eigenvalue weighted by atomic mass is 9.96. The Morgan fingerprint density at radius 1 is 1.36 bits per heavy atom. The molecule has 0 amide bonds. The number of likely N-dealkylation sites (N-methyl/N-ethyl adjacent to an activating group) is 1. The normalized spacial score (nSPS) is 17.9. The Hall–Kier alpha value is -1.81. The van der Waals surface area contributed by atoms with E-state index >= 15 is 0 Å². The molecule has 118 valence electrons. The number of hydrogen-bond donors (Lipinski definition) is 0. The number of rotatable bonds is 5. The second kappa shape index (κ2) is 6.97. The molecule has 3 rings (SSSR count). The second-order valence-corrected chi connectivity index (χ2v) is 6.25. The number of nitrogens with zero attached hydrogens (tertiary/aromatic N) is 3. The molecular formula is C18H25N3O. The van der Waals surface area contributed by atoms with Crippen LogP contribution in [-0.2, 0) is 13.0 Å². The van der Waals surface area contributed by atoms with Crippen LogP contribution in [0.3, 0.4) is 0 Å². The molecule has 4 nitrogen and oxygen atoms in total. The van der Waals surface area contributed by atoms with Crippen molar-refractivity contribution >= 4 is 0 Å². The summed E-state index contributed by atoms with van der Waals surface area (Å²) in [6.07, 6.45) is 6.17. The lowest BCUT2D eigenvalue weighted by molar-refractivity contribution is 0.234. The van der Waals surface area contributed by atoms with Crippen LogP contribution >= 0.6 is 0 Å². The van der Waals surface area contributed by atoms with Crippen molar-refractivity contribution in [3.63, 3.8) is 0 Å². The summed E-state index contributed by atoms with van der Waals surface area (Å²) < 4.78 is 8.07. The van der Waals surface area contributed by atoms with Gasteiger partial charge in [0.05, 0.1) is 6.61 Å². The number of imidazole rings is 1. The first-order valence-corrected chi connectivity index (χ1v) is 8.09. The highest BCUT2D eigenvalue weighted by Crippen LogP contribution is 2.26. The van der Waals surface area contributed by atoms with Gasteiger partial charge in [-0.25, -0.2) is 4.98 Å². The van der Waals surface area contributed by atoms with Crippen molar-refractivity contribution in [2.24, 2.45) is 5.92 Å². The Morgan fingerprint density at radius 3 is 3.05 bits per heavy atom. The Balaban J connectivity index is 1.53. The first-order valence-electron chi connectivity index (χ1n) is 8.09. The number of aromatic nitrogens is 2. The zero-order valence-electron chi connectivity index (χ0n) is 13.5. The van der Waals surface area contributed by atoms with E-state index in [1.54, 1.807) is 0 Å². The summed E-state index contributed by atoms with van der Waals surface area (Å²) >= 11 is 0. The summed E-state index contributed by atoms with van der Waals surface area (Å²) in [6, 6.07) is 8.45. The largest absolute Gasteiger partial charge is 0.493 e. The summed E-state index contributed by atoms with van der Waals surface area (Å²) in [5, 5.41) is 0.